The molecule has 2 N–H and O–H groups in total. The molecular weight excluding hydrogens is 322 g/mol. The lowest BCUT2D eigenvalue weighted by Crippen LogP contribution is -2.27. The molecule has 1 aliphatic rings. The van der Waals surface area contributed by atoms with Crippen molar-refractivity contribution in [3.05, 3.63) is 28.2 Å². The topological polar surface area (TPSA) is 58.6 Å². The number of hydrogen-bond donors (Lipinski definition) is 2. The van der Waals surface area contributed by atoms with Gasteiger partial charge in [-0.15, -0.1) is 0 Å². The lowest BCUT2D eigenvalue weighted by Gasteiger charge is -2.21. The van der Waals surface area contributed by atoms with Crippen molar-refractivity contribution in [2.45, 2.75) is 51.2 Å². The van der Waals surface area contributed by atoms with Gasteiger partial charge in [0.05, 0.1) is 5.60 Å². The average molecular weight is 342 g/mol. The van der Waals surface area contributed by atoms with E-state index in [0.717, 1.165) is 22.9 Å². The van der Waals surface area contributed by atoms with E-state index in [2.05, 4.69) is 21.2 Å². The van der Waals surface area contributed by atoms with Crippen molar-refractivity contribution in [2.24, 2.45) is 0 Å². The summed E-state index contributed by atoms with van der Waals surface area (Å²) in [4.78, 5) is 11.9. The Hall–Kier alpha value is -1.07. The average Bonchev–Trinajstić information content (AvgIpc) is 2.98. The fourth-order valence-corrected chi connectivity index (χ4v) is 2.27. The van der Waals surface area contributed by atoms with Crippen molar-refractivity contribution < 1.29 is 14.6 Å². The summed E-state index contributed by atoms with van der Waals surface area (Å²) in [6, 6.07) is 5.64. The van der Waals surface area contributed by atoms with Crippen LogP contribution in [0.1, 0.15) is 39.2 Å². The van der Waals surface area contributed by atoms with E-state index in [4.69, 9.17) is 4.74 Å². The first kappa shape index (κ1) is 15.3. The maximum atomic E-state index is 11.9. The Kier molecular flexibility index (Phi) is 4.12. The first-order valence-electron chi connectivity index (χ1n) is 6.68. The van der Waals surface area contributed by atoms with Gasteiger partial charge in [0.15, 0.2) is 0 Å². The maximum absolute atomic E-state index is 11.9. The summed E-state index contributed by atoms with van der Waals surface area (Å²) in [5.74, 6) is 0. The number of rotatable bonds is 3. The van der Waals surface area contributed by atoms with Crippen LogP contribution in [0.4, 0.5) is 10.5 Å². The Morgan fingerprint density at radius 3 is 2.65 bits per heavy atom. The Bertz CT molecular complexity index is 518. The highest BCUT2D eigenvalue weighted by atomic mass is 79.9. The molecule has 0 radical (unpaired) electrons. The monoisotopic (exact) mass is 341 g/mol. The van der Waals surface area contributed by atoms with Crippen molar-refractivity contribution in [1.29, 1.82) is 0 Å². The largest absolute Gasteiger partial charge is 0.444 e. The third kappa shape index (κ3) is 4.49. The van der Waals surface area contributed by atoms with E-state index in [1.54, 1.807) is 0 Å². The van der Waals surface area contributed by atoms with Crippen molar-refractivity contribution >= 4 is 27.7 Å². The van der Waals surface area contributed by atoms with Crippen LogP contribution >= 0.6 is 15.9 Å². The molecule has 0 bridgehead atoms. The Labute approximate surface area is 127 Å². The maximum Gasteiger partial charge on any atom is 0.412 e. The molecule has 0 aliphatic heterocycles. The van der Waals surface area contributed by atoms with Gasteiger partial charge in [-0.2, -0.15) is 0 Å². The molecule has 4 nitrogen and oxygen atoms in total. The second kappa shape index (κ2) is 5.37. The minimum absolute atomic E-state index is 0.486. The van der Waals surface area contributed by atoms with Gasteiger partial charge in [0.1, 0.15) is 5.60 Å². The van der Waals surface area contributed by atoms with Crippen LogP contribution in [0.5, 0.6) is 0 Å². The van der Waals surface area contributed by atoms with Crippen LogP contribution in [-0.4, -0.2) is 22.4 Å². The number of anilines is 1. The number of hydrogen-bond acceptors (Lipinski definition) is 3. The predicted molar refractivity (Wildman–Crippen MR) is 81.9 cm³/mol. The molecule has 0 saturated heterocycles. The quantitative estimate of drug-likeness (QED) is 0.877. The molecule has 0 unspecified atom stereocenters. The summed E-state index contributed by atoms with van der Waals surface area (Å²) < 4.78 is 6.12. The van der Waals surface area contributed by atoms with Gasteiger partial charge < -0.3 is 9.84 Å². The molecule has 20 heavy (non-hydrogen) atoms. The number of benzene rings is 1. The summed E-state index contributed by atoms with van der Waals surface area (Å²) in [5, 5.41) is 12.8. The number of carbonyl (C=O) groups is 1. The van der Waals surface area contributed by atoms with Crippen LogP contribution in [-0.2, 0) is 11.2 Å². The molecule has 0 atom stereocenters. The van der Waals surface area contributed by atoms with Crippen molar-refractivity contribution in [2.75, 3.05) is 5.32 Å². The van der Waals surface area contributed by atoms with Gasteiger partial charge in [-0.1, -0.05) is 22.0 Å². The van der Waals surface area contributed by atoms with Gasteiger partial charge in [-0.25, -0.2) is 4.79 Å². The molecular formula is C15H20BrNO3. The summed E-state index contributed by atoms with van der Waals surface area (Å²) >= 11 is 3.39. The summed E-state index contributed by atoms with van der Waals surface area (Å²) in [6.07, 6.45) is 1.69. The standard InChI is InChI=1S/C15H20BrNO3/c1-14(2,3)20-13(18)17-12-8-11(16)5-4-10(12)9-15(19)6-7-15/h4-5,8,19H,6-7,9H2,1-3H3,(H,17,18). The van der Waals surface area contributed by atoms with Crippen LogP contribution in [0, 0.1) is 0 Å². The lowest BCUT2D eigenvalue weighted by molar-refractivity contribution is 0.0635. The third-order valence-corrected chi connectivity index (χ3v) is 3.55. The minimum Gasteiger partial charge on any atom is -0.444 e. The van der Waals surface area contributed by atoms with Gasteiger partial charge in [-0.05, 0) is 51.3 Å². The molecule has 1 saturated carbocycles. The van der Waals surface area contributed by atoms with E-state index in [1.165, 1.54) is 0 Å². The SMILES string of the molecule is CC(C)(C)OC(=O)Nc1cc(Br)ccc1CC1(O)CC1. The van der Waals surface area contributed by atoms with Crippen molar-refractivity contribution in [1.82, 2.24) is 0 Å². The van der Waals surface area contributed by atoms with Gasteiger partial charge >= 0.3 is 6.09 Å². The van der Waals surface area contributed by atoms with Gasteiger partial charge in [0, 0.05) is 16.6 Å². The molecule has 0 aromatic heterocycles. The number of ether oxygens (including phenoxy) is 1. The number of carbonyl (C=O) groups excluding carboxylic acids is 1. The zero-order valence-electron chi connectivity index (χ0n) is 12.0. The molecule has 110 valence electrons. The predicted octanol–water partition coefficient (Wildman–Crippen LogP) is 3.86. The highest BCUT2D eigenvalue weighted by Gasteiger charge is 2.40. The molecule has 0 spiro atoms. The molecule has 1 aromatic rings. The van der Waals surface area contributed by atoms with E-state index in [0.29, 0.717) is 12.1 Å². The fourth-order valence-electron chi connectivity index (χ4n) is 1.91. The molecule has 5 heteroatoms. The van der Waals surface area contributed by atoms with Crippen LogP contribution < -0.4 is 5.32 Å². The van der Waals surface area contributed by atoms with E-state index in [-0.39, 0.29) is 0 Å². The van der Waals surface area contributed by atoms with E-state index < -0.39 is 17.3 Å². The fraction of sp³-hybridized carbons (Fsp3) is 0.533. The summed E-state index contributed by atoms with van der Waals surface area (Å²) in [5.41, 5.74) is 0.455. The second-order valence-electron chi connectivity index (χ2n) is 6.33. The lowest BCUT2D eigenvalue weighted by atomic mass is 10.0. The zero-order valence-corrected chi connectivity index (χ0v) is 13.6. The summed E-state index contributed by atoms with van der Waals surface area (Å²) in [6.45, 7) is 5.46. The van der Waals surface area contributed by atoms with Crippen molar-refractivity contribution in [3.63, 3.8) is 0 Å². The van der Waals surface area contributed by atoms with Gasteiger partial charge in [-0.3, -0.25) is 5.32 Å². The van der Waals surface area contributed by atoms with E-state index >= 15 is 0 Å². The van der Waals surface area contributed by atoms with E-state index in [1.807, 2.05) is 39.0 Å². The molecule has 1 fully saturated rings. The van der Waals surface area contributed by atoms with E-state index in [9.17, 15) is 9.90 Å². The Morgan fingerprint density at radius 1 is 1.45 bits per heavy atom. The Morgan fingerprint density at radius 2 is 2.10 bits per heavy atom. The first-order chi connectivity index (χ1) is 9.17. The molecule has 0 heterocycles. The smallest absolute Gasteiger partial charge is 0.412 e. The van der Waals surface area contributed by atoms with Crippen molar-refractivity contribution in [3.8, 4) is 0 Å². The van der Waals surface area contributed by atoms with Crippen LogP contribution in [0.15, 0.2) is 22.7 Å². The highest BCUT2D eigenvalue weighted by molar-refractivity contribution is 9.10. The second-order valence-corrected chi connectivity index (χ2v) is 7.25. The number of nitrogens with one attached hydrogen (secondary N) is 1. The minimum atomic E-state index is -0.599. The molecule has 2 rings (SSSR count). The number of halogens is 1. The normalized spacial score (nSPS) is 16.6. The van der Waals surface area contributed by atoms with Gasteiger partial charge in [0.2, 0.25) is 0 Å². The van der Waals surface area contributed by atoms with Crippen LogP contribution in [0.3, 0.4) is 0 Å². The number of amides is 1. The summed E-state index contributed by atoms with van der Waals surface area (Å²) in [7, 11) is 0. The van der Waals surface area contributed by atoms with Gasteiger partial charge in [0.25, 0.3) is 0 Å². The zero-order chi connectivity index (χ0) is 15.0. The third-order valence-electron chi connectivity index (χ3n) is 3.05. The van der Waals surface area contributed by atoms with Crippen LogP contribution in [0.2, 0.25) is 0 Å². The molecule has 1 amide bonds. The van der Waals surface area contributed by atoms with Crippen LogP contribution in [0.25, 0.3) is 0 Å². The molecule has 1 aliphatic carbocycles. The molecule has 1 aromatic carbocycles. The first-order valence-corrected chi connectivity index (χ1v) is 7.47. The highest BCUT2D eigenvalue weighted by Crippen LogP contribution is 2.40. The number of aliphatic hydroxyl groups is 1. The Balaban J connectivity index is 2.12.